The van der Waals surface area contributed by atoms with E-state index in [0.29, 0.717) is 45.8 Å². The molecule has 2 N–H and O–H groups in total. The summed E-state index contributed by atoms with van der Waals surface area (Å²) in [6.45, 7) is 0.355. The van der Waals surface area contributed by atoms with Crippen LogP contribution in [0.1, 0.15) is 11.1 Å². The topological polar surface area (TPSA) is 107 Å². The van der Waals surface area contributed by atoms with Gasteiger partial charge in [0.1, 0.15) is 17.3 Å². The number of ether oxygens (including phenoxy) is 3. The maximum absolute atomic E-state index is 12.1. The van der Waals surface area contributed by atoms with Crippen LogP contribution in [0.4, 0.5) is 0 Å². The first-order valence-electron chi connectivity index (χ1n) is 12.1. The van der Waals surface area contributed by atoms with Crippen molar-refractivity contribution in [3.8, 4) is 28.6 Å². The molecular formula is C30H24ClN3O5S. The summed E-state index contributed by atoms with van der Waals surface area (Å²) in [7, 11) is 3.08. The number of carbonyl (C=O) groups is 1. The van der Waals surface area contributed by atoms with Gasteiger partial charge in [0.25, 0.3) is 0 Å². The first-order chi connectivity index (χ1) is 19.4. The Balaban J connectivity index is 1.35. The molecule has 0 aliphatic carbocycles. The molecule has 0 amide bonds. The van der Waals surface area contributed by atoms with Gasteiger partial charge in [0.05, 0.1) is 19.8 Å². The van der Waals surface area contributed by atoms with Gasteiger partial charge in [-0.05, 0) is 70.1 Å². The third-order valence-corrected chi connectivity index (χ3v) is 7.15. The minimum absolute atomic E-state index is 0.0232. The fourth-order valence-electron chi connectivity index (χ4n) is 4.13. The zero-order chi connectivity index (χ0) is 28.1. The van der Waals surface area contributed by atoms with E-state index >= 15 is 0 Å². The highest BCUT2D eigenvalue weighted by atomic mass is 35.5. The summed E-state index contributed by atoms with van der Waals surface area (Å²) in [6.07, 6.45) is 1.53. The molecule has 5 aromatic rings. The molecule has 0 atom stereocenters. The largest absolute Gasteiger partial charge is 0.496 e. The lowest BCUT2D eigenvalue weighted by Gasteiger charge is -2.13. The molecule has 8 nitrogen and oxygen atoms in total. The fourth-order valence-corrected chi connectivity index (χ4v) is 5.01. The summed E-state index contributed by atoms with van der Waals surface area (Å²) in [5.41, 5.74) is 2.28. The summed E-state index contributed by atoms with van der Waals surface area (Å²) in [4.78, 5) is 16.5. The molecule has 0 spiro atoms. The molecule has 4 aromatic carbocycles. The molecule has 1 aromatic heterocycles. The number of aliphatic carboxylic acids is 1. The molecule has 202 valence electrons. The van der Waals surface area contributed by atoms with Crippen molar-refractivity contribution < 1.29 is 24.1 Å². The van der Waals surface area contributed by atoms with Crippen LogP contribution in [0.5, 0.6) is 17.2 Å². The Bertz CT molecular complexity index is 1710. The first kappa shape index (κ1) is 27.1. The van der Waals surface area contributed by atoms with Crippen molar-refractivity contribution in [2.45, 2.75) is 11.8 Å². The van der Waals surface area contributed by atoms with E-state index < -0.39 is 5.97 Å². The predicted molar refractivity (Wildman–Crippen MR) is 156 cm³/mol. The van der Waals surface area contributed by atoms with Crippen LogP contribution in [-0.2, 0) is 11.4 Å². The molecule has 0 unspecified atom stereocenters. The lowest BCUT2D eigenvalue weighted by atomic mass is 10.1. The van der Waals surface area contributed by atoms with Gasteiger partial charge in [-0.15, -0.1) is 5.10 Å². The van der Waals surface area contributed by atoms with E-state index in [4.69, 9.17) is 25.8 Å². The predicted octanol–water partition coefficient (Wildman–Crippen LogP) is 7.09. The highest BCUT2D eigenvalue weighted by Crippen LogP contribution is 2.34. The Morgan fingerprint density at radius 2 is 1.75 bits per heavy atom. The smallest absolute Gasteiger partial charge is 0.342 e. The van der Waals surface area contributed by atoms with E-state index in [1.165, 1.54) is 13.2 Å². The van der Waals surface area contributed by atoms with Crippen LogP contribution in [-0.4, -0.2) is 40.5 Å². The van der Waals surface area contributed by atoms with Crippen molar-refractivity contribution >= 4 is 46.2 Å². The molecule has 10 heteroatoms. The van der Waals surface area contributed by atoms with E-state index in [1.807, 2.05) is 24.3 Å². The number of halogens is 1. The van der Waals surface area contributed by atoms with Crippen molar-refractivity contribution in [3.05, 3.63) is 99.9 Å². The Morgan fingerprint density at radius 3 is 2.55 bits per heavy atom. The van der Waals surface area contributed by atoms with Gasteiger partial charge in [0.15, 0.2) is 17.3 Å². The molecule has 0 radical (unpaired) electrons. The van der Waals surface area contributed by atoms with Crippen molar-refractivity contribution in [1.82, 2.24) is 15.2 Å². The number of hydrogen-bond acceptors (Lipinski definition) is 7. The Hall–Kier alpha value is -4.47. The molecule has 0 aliphatic rings. The zero-order valence-electron chi connectivity index (χ0n) is 21.6. The van der Waals surface area contributed by atoms with Crippen LogP contribution in [0.25, 0.3) is 28.2 Å². The van der Waals surface area contributed by atoms with Gasteiger partial charge >= 0.3 is 5.97 Å². The maximum Gasteiger partial charge on any atom is 0.342 e. The van der Waals surface area contributed by atoms with Crippen LogP contribution in [0, 0.1) is 0 Å². The third kappa shape index (κ3) is 6.06. The highest BCUT2D eigenvalue weighted by molar-refractivity contribution is 8.04. The van der Waals surface area contributed by atoms with Crippen molar-refractivity contribution in [1.29, 1.82) is 0 Å². The molecule has 0 fully saturated rings. The number of rotatable bonds is 10. The van der Waals surface area contributed by atoms with Gasteiger partial charge in [-0.25, -0.2) is 9.78 Å². The van der Waals surface area contributed by atoms with E-state index in [1.54, 1.807) is 43.5 Å². The van der Waals surface area contributed by atoms with Crippen LogP contribution in [0.15, 0.2) is 88.9 Å². The lowest BCUT2D eigenvalue weighted by Crippen LogP contribution is -1.99. The van der Waals surface area contributed by atoms with E-state index in [9.17, 15) is 9.90 Å². The van der Waals surface area contributed by atoms with Crippen LogP contribution >= 0.6 is 23.4 Å². The van der Waals surface area contributed by atoms with Crippen molar-refractivity contribution in [2.24, 2.45) is 0 Å². The van der Waals surface area contributed by atoms with Gasteiger partial charge in [-0.2, -0.15) is 0 Å². The second kappa shape index (κ2) is 12.1. The summed E-state index contributed by atoms with van der Waals surface area (Å²) >= 11 is 7.04. The number of nitrogens with zero attached hydrogens (tertiary/aromatic N) is 2. The van der Waals surface area contributed by atoms with Gasteiger partial charge in [-0.1, -0.05) is 60.1 Å². The van der Waals surface area contributed by atoms with Crippen molar-refractivity contribution in [2.75, 3.05) is 14.2 Å². The number of aromatic amines is 1. The number of hydrogen-bond donors (Lipinski definition) is 2. The van der Waals surface area contributed by atoms with Gasteiger partial charge < -0.3 is 19.3 Å². The average molecular weight is 574 g/mol. The third-order valence-electron chi connectivity index (χ3n) is 6.04. The maximum atomic E-state index is 12.1. The monoisotopic (exact) mass is 573 g/mol. The summed E-state index contributed by atoms with van der Waals surface area (Å²) in [6, 6.07) is 24.6. The number of thioether (sulfide) groups is 1. The minimum Gasteiger partial charge on any atom is -0.496 e. The molecule has 40 heavy (non-hydrogen) atoms. The molecule has 1 heterocycles. The lowest BCUT2D eigenvalue weighted by molar-refractivity contribution is -0.131. The Kier molecular flexibility index (Phi) is 8.23. The molecule has 0 saturated heterocycles. The molecular weight excluding hydrogens is 550 g/mol. The Morgan fingerprint density at radius 1 is 0.975 bits per heavy atom. The summed E-state index contributed by atoms with van der Waals surface area (Å²) in [5, 5.41) is 19.8. The van der Waals surface area contributed by atoms with Crippen LogP contribution in [0.3, 0.4) is 0 Å². The fraction of sp³-hybridized carbons (Fsp3) is 0.100. The van der Waals surface area contributed by atoms with Crippen LogP contribution in [0.2, 0.25) is 5.02 Å². The second-order valence-electron chi connectivity index (χ2n) is 8.56. The number of benzene rings is 4. The first-order valence-corrected chi connectivity index (χ1v) is 13.3. The van der Waals surface area contributed by atoms with Crippen LogP contribution < -0.4 is 14.2 Å². The molecule has 0 bridgehead atoms. The van der Waals surface area contributed by atoms with E-state index in [-0.39, 0.29) is 10.1 Å². The summed E-state index contributed by atoms with van der Waals surface area (Å²) in [5.74, 6) is 0.872. The van der Waals surface area contributed by atoms with Gasteiger partial charge in [0.2, 0.25) is 5.16 Å². The number of H-pyrrole nitrogens is 1. The number of carboxylic acid groups (broad SMARTS) is 1. The van der Waals surface area contributed by atoms with E-state index in [2.05, 4.69) is 33.4 Å². The number of methoxy groups -OCH3 is 2. The number of carboxylic acids is 1. The van der Waals surface area contributed by atoms with Gasteiger partial charge in [0, 0.05) is 5.02 Å². The second-order valence-corrected chi connectivity index (χ2v) is 10.0. The molecule has 5 rings (SSSR count). The number of fused-ring (bicyclic) bond motifs is 1. The SMILES string of the molecule is COc1cc(/C=C(\Sc2n[nH]c(-c3cc(Cl)ccc3OC)n2)C(=O)O)ccc1OCc1cccc2ccccc12. The number of aromatic nitrogens is 3. The zero-order valence-corrected chi connectivity index (χ0v) is 23.1. The summed E-state index contributed by atoms with van der Waals surface area (Å²) < 4.78 is 17.0. The quantitative estimate of drug-likeness (QED) is 0.135. The minimum atomic E-state index is -1.12. The van der Waals surface area contributed by atoms with E-state index in [0.717, 1.165) is 28.1 Å². The average Bonchev–Trinajstić information content (AvgIpc) is 3.44. The normalized spacial score (nSPS) is 11.4. The van der Waals surface area contributed by atoms with Gasteiger partial charge in [-0.3, -0.25) is 5.10 Å². The highest BCUT2D eigenvalue weighted by Gasteiger charge is 2.17. The standard InChI is InChI=1S/C30H24ClN3O5S/c1-37-24-13-11-21(31)16-23(24)28-32-30(34-33-28)40-27(29(35)36)15-18-10-12-25(26(14-18)38-2)39-17-20-8-5-7-19-6-3-4-9-22(19)20/h3-16H,17H2,1-2H3,(H,35,36)(H,32,33,34)/b27-15-. The molecule has 0 aliphatic heterocycles. The molecule has 0 saturated carbocycles. The number of nitrogens with one attached hydrogen (secondary N) is 1. The Labute approximate surface area is 239 Å². The van der Waals surface area contributed by atoms with Crippen molar-refractivity contribution in [3.63, 3.8) is 0 Å².